The fourth-order valence-electron chi connectivity index (χ4n) is 3.64. The number of rotatable bonds is 6. The van der Waals surface area contributed by atoms with E-state index in [0.29, 0.717) is 24.3 Å². The molecule has 0 bridgehead atoms. The van der Waals surface area contributed by atoms with Gasteiger partial charge in [0, 0.05) is 5.69 Å². The highest BCUT2D eigenvalue weighted by Gasteiger charge is 2.48. The maximum Gasteiger partial charge on any atom is 0.243 e. The number of nitrogens with zero attached hydrogens (tertiary/aromatic N) is 1. The van der Waals surface area contributed by atoms with Crippen LogP contribution >= 0.6 is 0 Å². The minimum absolute atomic E-state index is 0.242. The summed E-state index contributed by atoms with van der Waals surface area (Å²) in [6.07, 6.45) is 3.28. The van der Waals surface area contributed by atoms with Gasteiger partial charge in [0.2, 0.25) is 23.6 Å². The van der Waals surface area contributed by atoms with Gasteiger partial charge in [-0.05, 0) is 37.1 Å². The molecule has 1 saturated carbocycles. The lowest BCUT2D eigenvalue weighted by Crippen LogP contribution is -2.43. The van der Waals surface area contributed by atoms with Gasteiger partial charge < -0.3 is 15.4 Å². The summed E-state index contributed by atoms with van der Waals surface area (Å²) in [5.41, 5.74) is 0.573. The van der Waals surface area contributed by atoms with E-state index < -0.39 is 11.8 Å². The molecule has 1 heterocycles. The second-order valence-corrected chi connectivity index (χ2v) is 6.81. The molecule has 4 amide bonds. The third kappa shape index (κ3) is 4.27. The molecule has 3 rings (SSSR count). The minimum atomic E-state index is -0.528. The Morgan fingerprint density at radius 3 is 2.19 bits per heavy atom. The van der Waals surface area contributed by atoms with E-state index in [9.17, 15) is 19.2 Å². The van der Waals surface area contributed by atoms with Crippen LogP contribution in [0.5, 0.6) is 5.75 Å². The molecule has 2 N–H and O–H groups in total. The molecule has 144 valence electrons. The Kier molecular flexibility index (Phi) is 5.73. The molecule has 0 aromatic heterocycles. The molecule has 8 heteroatoms. The Hall–Kier alpha value is -2.90. The summed E-state index contributed by atoms with van der Waals surface area (Å²) in [4.78, 5) is 49.8. The molecule has 2 unspecified atom stereocenters. The maximum absolute atomic E-state index is 12.4. The predicted octanol–water partition coefficient (Wildman–Crippen LogP) is 0.925. The molecule has 1 aromatic carbocycles. The van der Waals surface area contributed by atoms with Gasteiger partial charge in [0.15, 0.2) is 0 Å². The molecule has 0 radical (unpaired) electrons. The van der Waals surface area contributed by atoms with E-state index in [1.807, 2.05) is 0 Å². The molecule has 0 spiro atoms. The third-order valence-corrected chi connectivity index (χ3v) is 5.05. The Morgan fingerprint density at radius 1 is 1.04 bits per heavy atom. The van der Waals surface area contributed by atoms with Crippen molar-refractivity contribution in [2.24, 2.45) is 11.8 Å². The Balaban J connectivity index is 1.47. The highest BCUT2D eigenvalue weighted by molar-refractivity contribution is 6.07. The van der Waals surface area contributed by atoms with E-state index in [2.05, 4.69) is 10.6 Å². The Labute approximate surface area is 157 Å². The van der Waals surface area contributed by atoms with Crippen molar-refractivity contribution in [3.63, 3.8) is 0 Å². The number of ether oxygens (including phenoxy) is 1. The standard InChI is InChI=1S/C19H23N3O5/c1-27-13-8-6-12(7-9-13)21-16(23)10-20-17(24)11-22-18(25)14-4-2-3-5-15(14)19(22)26/h6-9,14-15H,2-5,10-11H2,1H3,(H,20,24)(H,21,23). The van der Waals surface area contributed by atoms with E-state index >= 15 is 0 Å². The highest BCUT2D eigenvalue weighted by atomic mass is 16.5. The van der Waals surface area contributed by atoms with Crippen molar-refractivity contribution in [3.8, 4) is 5.75 Å². The maximum atomic E-state index is 12.4. The van der Waals surface area contributed by atoms with Crippen molar-refractivity contribution < 1.29 is 23.9 Å². The van der Waals surface area contributed by atoms with Gasteiger partial charge in [-0.25, -0.2) is 0 Å². The molecule has 2 fully saturated rings. The number of amides is 4. The summed E-state index contributed by atoms with van der Waals surface area (Å²) in [5, 5.41) is 5.10. The lowest BCUT2D eigenvalue weighted by Gasteiger charge is -2.19. The van der Waals surface area contributed by atoms with Crippen molar-refractivity contribution >= 4 is 29.3 Å². The number of carbonyl (C=O) groups excluding carboxylic acids is 4. The molecule has 1 aliphatic heterocycles. The summed E-state index contributed by atoms with van der Waals surface area (Å²) < 4.78 is 5.04. The highest BCUT2D eigenvalue weighted by Crippen LogP contribution is 2.37. The van der Waals surface area contributed by atoms with Crippen molar-refractivity contribution in [2.75, 3.05) is 25.5 Å². The predicted molar refractivity (Wildman–Crippen MR) is 96.8 cm³/mol. The molecule has 2 atom stereocenters. The summed E-state index contributed by atoms with van der Waals surface area (Å²) in [6.45, 7) is -0.575. The van der Waals surface area contributed by atoms with E-state index in [4.69, 9.17) is 4.74 Å². The van der Waals surface area contributed by atoms with E-state index in [1.54, 1.807) is 31.4 Å². The molecule has 27 heavy (non-hydrogen) atoms. The van der Waals surface area contributed by atoms with Crippen molar-refractivity contribution in [1.29, 1.82) is 0 Å². The SMILES string of the molecule is COc1ccc(NC(=O)CNC(=O)CN2C(=O)C3CCCCC3C2=O)cc1. The molecular weight excluding hydrogens is 350 g/mol. The molecule has 2 aliphatic rings. The average molecular weight is 373 g/mol. The summed E-state index contributed by atoms with van der Waals surface area (Å²) in [7, 11) is 1.55. The Bertz CT molecular complexity index is 722. The summed E-state index contributed by atoms with van der Waals surface area (Å²) >= 11 is 0. The van der Waals surface area contributed by atoms with Crippen LogP contribution in [-0.2, 0) is 19.2 Å². The molecule has 1 saturated heterocycles. The quantitative estimate of drug-likeness (QED) is 0.722. The van der Waals surface area contributed by atoms with Crippen molar-refractivity contribution in [3.05, 3.63) is 24.3 Å². The normalized spacial score (nSPS) is 21.6. The van der Waals surface area contributed by atoms with Gasteiger partial charge in [0.1, 0.15) is 12.3 Å². The number of methoxy groups -OCH3 is 1. The second-order valence-electron chi connectivity index (χ2n) is 6.81. The van der Waals surface area contributed by atoms with Crippen LogP contribution in [0.4, 0.5) is 5.69 Å². The topological polar surface area (TPSA) is 105 Å². The zero-order chi connectivity index (χ0) is 19.4. The summed E-state index contributed by atoms with van der Waals surface area (Å²) in [6, 6.07) is 6.78. The van der Waals surface area contributed by atoms with Crippen LogP contribution in [0.2, 0.25) is 0 Å². The van der Waals surface area contributed by atoms with Crippen LogP contribution in [0.3, 0.4) is 0 Å². The Morgan fingerprint density at radius 2 is 1.63 bits per heavy atom. The lowest BCUT2D eigenvalue weighted by molar-refractivity contribution is -0.143. The van der Waals surface area contributed by atoms with Crippen molar-refractivity contribution in [1.82, 2.24) is 10.2 Å². The first kappa shape index (κ1) is 18.9. The third-order valence-electron chi connectivity index (χ3n) is 5.05. The number of benzene rings is 1. The first-order valence-corrected chi connectivity index (χ1v) is 9.05. The number of hydrogen-bond acceptors (Lipinski definition) is 5. The smallest absolute Gasteiger partial charge is 0.243 e. The zero-order valence-corrected chi connectivity index (χ0v) is 15.2. The van der Waals surface area contributed by atoms with Gasteiger partial charge in [-0.15, -0.1) is 0 Å². The zero-order valence-electron chi connectivity index (χ0n) is 15.2. The molecular formula is C19H23N3O5. The monoisotopic (exact) mass is 373 g/mol. The van der Waals surface area contributed by atoms with Gasteiger partial charge in [-0.3, -0.25) is 24.1 Å². The van der Waals surface area contributed by atoms with Gasteiger partial charge >= 0.3 is 0 Å². The number of hydrogen-bond donors (Lipinski definition) is 2. The summed E-state index contributed by atoms with van der Waals surface area (Å²) in [5.74, 6) is -1.34. The van der Waals surface area contributed by atoms with E-state index in [-0.39, 0.29) is 36.7 Å². The van der Waals surface area contributed by atoms with Crippen LogP contribution in [0, 0.1) is 11.8 Å². The number of fused-ring (bicyclic) bond motifs is 1. The largest absolute Gasteiger partial charge is 0.497 e. The lowest BCUT2D eigenvalue weighted by atomic mass is 9.81. The van der Waals surface area contributed by atoms with Gasteiger partial charge in [-0.1, -0.05) is 12.8 Å². The van der Waals surface area contributed by atoms with E-state index in [0.717, 1.165) is 17.7 Å². The van der Waals surface area contributed by atoms with Crippen LogP contribution in [0.1, 0.15) is 25.7 Å². The fourth-order valence-corrected chi connectivity index (χ4v) is 3.64. The average Bonchev–Trinajstić information content (AvgIpc) is 2.92. The van der Waals surface area contributed by atoms with Crippen LogP contribution < -0.4 is 15.4 Å². The van der Waals surface area contributed by atoms with Gasteiger partial charge in [-0.2, -0.15) is 0 Å². The number of anilines is 1. The van der Waals surface area contributed by atoms with Gasteiger partial charge in [0.25, 0.3) is 0 Å². The van der Waals surface area contributed by atoms with Crippen LogP contribution in [0.15, 0.2) is 24.3 Å². The minimum Gasteiger partial charge on any atom is -0.497 e. The second kappa shape index (κ2) is 8.20. The molecule has 8 nitrogen and oxygen atoms in total. The van der Waals surface area contributed by atoms with Crippen LogP contribution in [0.25, 0.3) is 0 Å². The van der Waals surface area contributed by atoms with Crippen LogP contribution in [-0.4, -0.2) is 48.7 Å². The number of nitrogens with one attached hydrogen (secondary N) is 2. The fraction of sp³-hybridized carbons (Fsp3) is 0.474. The molecule has 1 aromatic rings. The van der Waals surface area contributed by atoms with Crippen molar-refractivity contribution in [2.45, 2.75) is 25.7 Å². The number of carbonyl (C=O) groups is 4. The first-order chi connectivity index (χ1) is 13.0. The van der Waals surface area contributed by atoms with Gasteiger partial charge in [0.05, 0.1) is 25.5 Å². The first-order valence-electron chi connectivity index (χ1n) is 9.05. The van der Waals surface area contributed by atoms with E-state index in [1.165, 1.54) is 0 Å². The number of likely N-dealkylation sites (tertiary alicyclic amines) is 1. The molecule has 1 aliphatic carbocycles. The number of imide groups is 1.